The predicted molar refractivity (Wildman–Crippen MR) is 96.2 cm³/mol. The zero-order valence-electron chi connectivity index (χ0n) is 13.1. The van der Waals surface area contributed by atoms with Gasteiger partial charge in [-0.2, -0.15) is 0 Å². The lowest BCUT2D eigenvalue weighted by atomic mass is 10.0. The van der Waals surface area contributed by atoms with Gasteiger partial charge >= 0.3 is 5.97 Å². The summed E-state index contributed by atoms with van der Waals surface area (Å²) in [5.41, 5.74) is 1.83. The van der Waals surface area contributed by atoms with Gasteiger partial charge in [-0.1, -0.05) is 48.0 Å². The fourth-order valence-corrected chi connectivity index (χ4v) is 2.90. The molecule has 0 bridgehead atoms. The summed E-state index contributed by atoms with van der Waals surface area (Å²) in [6, 6.07) is 11.0. The van der Waals surface area contributed by atoms with Crippen LogP contribution >= 0.6 is 23.2 Å². The topological polar surface area (TPSA) is 58.6 Å². The number of carbonyl (C=O) groups is 1. The zero-order valence-corrected chi connectivity index (χ0v) is 14.6. The van der Waals surface area contributed by atoms with Crippen LogP contribution in [0.25, 0.3) is 5.70 Å². The van der Waals surface area contributed by atoms with Crippen molar-refractivity contribution in [3.63, 3.8) is 0 Å². The molecule has 0 aliphatic heterocycles. The number of esters is 1. The molecule has 0 radical (unpaired) electrons. The summed E-state index contributed by atoms with van der Waals surface area (Å²) in [5.74, 6) is -0.277. The van der Waals surface area contributed by atoms with E-state index in [-0.39, 0.29) is 5.75 Å². The van der Waals surface area contributed by atoms with E-state index in [1.165, 1.54) is 7.11 Å². The van der Waals surface area contributed by atoms with E-state index < -0.39 is 12.0 Å². The molecule has 0 aromatic heterocycles. The molecule has 0 unspecified atom stereocenters. The molecule has 126 valence electrons. The van der Waals surface area contributed by atoms with E-state index in [2.05, 4.69) is 11.9 Å². The van der Waals surface area contributed by atoms with Crippen molar-refractivity contribution in [3.05, 3.63) is 70.2 Å². The summed E-state index contributed by atoms with van der Waals surface area (Å²) >= 11 is 12.3. The lowest BCUT2D eigenvalue weighted by Crippen LogP contribution is -2.38. The number of carbonyl (C=O) groups excluding carboxylic acids is 1. The summed E-state index contributed by atoms with van der Waals surface area (Å²) in [4.78, 5) is 12.1. The first kappa shape index (κ1) is 18.2. The highest BCUT2D eigenvalue weighted by Gasteiger charge is 2.22. The maximum atomic E-state index is 12.1. The maximum absolute atomic E-state index is 12.1. The van der Waals surface area contributed by atoms with Crippen molar-refractivity contribution in [2.75, 3.05) is 7.11 Å². The maximum Gasteiger partial charge on any atom is 0.328 e. The first-order valence-corrected chi connectivity index (χ1v) is 7.93. The third-order valence-electron chi connectivity index (χ3n) is 3.47. The highest BCUT2D eigenvalue weighted by Crippen LogP contribution is 2.29. The van der Waals surface area contributed by atoms with Gasteiger partial charge in [0.15, 0.2) is 0 Å². The third-order valence-corrected chi connectivity index (χ3v) is 4.10. The first-order chi connectivity index (χ1) is 11.4. The van der Waals surface area contributed by atoms with Gasteiger partial charge in [0.1, 0.15) is 11.8 Å². The number of hydrogen-bond donors (Lipinski definition) is 2. The molecular weight excluding hydrogens is 349 g/mol. The van der Waals surface area contributed by atoms with Crippen LogP contribution in [0.2, 0.25) is 10.0 Å². The first-order valence-electron chi connectivity index (χ1n) is 7.18. The summed E-state index contributed by atoms with van der Waals surface area (Å²) in [7, 11) is 1.32. The molecule has 0 aliphatic carbocycles. The molecule has 0 fully saturated rings. The van der Waals surface area contributed by atoms with Crippen LogP contribution in [0.15, 0.2) is 49.0 Å². The van der Waals surface area contributed by atoms with E-state index in [1.807, 2.05) is 0 Å². The Morgan fingerprint density at radius 1 is 1.21 bits per heavy atom. The van der Waals surface area contributed by atoms with Gasteiger partial charge in [0, 0.05) is 17.7 Å². The Morgan fingerprint density at radius 3 is 2.33 bits per heavy atom. The van der Waals surface area contributed by atoms with Crippen LogP contribution in [-0.2, 0) is 16.0 Å². The Hall–Kier alpha value is -2.17. The van der Waals surface area contributed by atoms with Gasteiger partial charge < -0.3 is 15.2 Å². The molecule has 0 heterocycles. The second-order valence-electron chi connectivity index (χ2n) is 5.17. The van der Waals surface area contributed by atoms with Crippen LogP contribution < -0.4 is 5.32 Å². The number of phenolic OH excluding ortho intramolecular Hbond substituents is 1. The van der Waals surface area contributed by atoms with Gasteiger partial charge in [-0.3, -0.25) is 0 Å². The Morgan fingerprint density at radius 2 is 1.79 bits per heavy atom. The monoisotopic (exact) mass is 365 g/mol. The second-order valence-corrected chi connectivity index (χ2v) is 5.98. The zero-order chi connectivity index (χ0) is 17.7. The van der Waals surface area contributed by atoms with Crippen molar-refractivity contribution in [3.8, 4) is 5.75 Å². The minimum Gasteiger partial charge on any atom is -0.508 e. The molecule has 4 nitrogen and oxygen atoms in total. The van der Waals surface area contributed by atoms with Crippen LogP contribution in [0.5, 0.6) is 5.75 Å². The fourth-order valence-electron chi connectivity index (χ4n) is 2.27. The standard InChI is InChI=1S/C18H17Cl2NO3/c1-11(17-14(19)4-3-5-15(17)20)21-16(18(23)24-2)10-12-6-8-13(22)9-7-12/h3-9,16,21-22H,1,10H2,2H3/t16-/m0/s1. The van der Waals surface area contributed by atoms with Crippen LogP contribution in [0, 0.1) is 0 Å². The fraction of sp³-hybridized carbons (Fsp3) is 0.167. The minimum atomic E-state index is -0.667. The molecule has 2 aromatic carbocycles. The summed E-state index contributed by atoms with van der Waals surface area (Å²) in [6.07, 6.45) is 0.355. The van der Waals surface area contributed by atoms with Gasteiger partial charge in [0.05, 0.1) is 17.2 Å². The highest BCUT2D eigenvalue weighted by atomic mass is 35.5. The van der Waals surface area contributed by atoms with Crippen LogP contribution in [0.4, 0.5) is 0 Å². The number of methoxy groups -OCH3 is 1. The van der Waals surface area contributed by atoms with Crippen molar-refractivity contribution in [2.45, 2.75) is 12.5 Å². The molecule has 0 saturated heterocycles. The van der Waals surface area contributed by atoms with E-state index in [9.17, 15) is 9.90 Å². The van der Waals surface area contributed by atoms with E-state index >= 15 is 0 Å². The van der Waals surface area contributed by atoms with Crippen molar-refractivity contribution in [1.82, 2.24) is 5.32 Å². The number of halogens is 2. The van der Waals surface area contributed by atoms with Crippen LogP contribution in [0.1, 0.15) is 11.1 Å². The van der Waals surface area contributed by atoms with Crippen molar-refractivity contribution >= 4 is 34.9 Å². The van der Waals surface area contributed by atoms with Gasteiger partial charge in [0.25, 0.3) is 0 Å². The summed E-state index contributed by atoms with van der Waals surface area (Å²) in [6.45, 7) is 3.93. The molecule has 24 heavy (non-hydrogen) atoms. The highest BCUT2D eigenvalue weighted by molar-refractivity contribution is 6.37. The average molecular weight is 366 g/mol. The molecule has 0 amide bonds. The molecular formula is C18H17Cl2NO3. The Bertz CT molecular complexity index is 724. The number of rotatable bonds is 6. The molecule has 0 spiro atoms. The lowest BCUT2D eigenvalue weighted by Gasteiger charge is -2.20. The minimum absolute atomic E-state index is 0.161. The van der Waals surface area contributed by atoms with E-state index in [4.69, 9.17) is 27.9 Å². The lowest BCUT2D eigenvalue weighted by molar-refractivity contribution is -0.142. The summed E-state index contributed by atoms with van der Waals surface area (Å²) in [5, 5.41) is 13.3. The average Bonchev–Trinajstić information content (AvgIpc) is 2.55. The SMILES string of the molecule is C=C(N[C@@H](Cc1ccc(O)cc1)C(=O)OC)c1c(Cl)cccc1Cl. The number of ether oxygens (including phenoxy) is 1. The summed E-state index contributed by atoms with van der Waals surface area (Å²) < 4.78 is 4.85. The van der Waals surface area contributed by atoms with Crippen LogP contribution in [0.3, 0.4) is 0 Å². The Labute approximate surface area is 150 Å². The van der Waals surface area contributed by atoms with Crippen LogP contribution in [-0.4, -0.2) is 24.2 Å². The number of phenols is 1. The predicted octanol–water partition coefficient (Wildman–Crippen LogP) is 4.04. The largest absolute Gasteiger partial charge is 0.508 e. The molecule has 0 saturated carbocycles. The molecule has 2 rings (SSSR count). The van der Waals surface area contributed by atoms with Gasteiger partial charge in [-0.25, -0.2) is 4.79 Å². The Kier molecular flexibility index (Phi) is 6.12. The molecule has 0 aliphatic rings. The molecule has 2 aromatic rings. The normalized spacial score (nSPS) is 11.6. The van der Waals surface area contributed by atoms with Crippen molar-refractivity contribution in [1.29, 1.82) is 0 Å². The molecule has 2 N–H and O–H groups in total. The van der Waals surface area contributed by atoms with Gasteiger partial charge in [0.2, 0.25) is 0 Å². The van der Waals surface area contributed by atoms with E-state index in [0.29, 0.717) is 27.7 Å². The number of nitrogens with one attached hydrogen (secondary N) is 1. The van der Waals surface area contributed by atoms with E-state index in [0.717, 1.165) is 5.56 Å². The number of benzene rings is 2. The van der Waals surface area contributed by atoms with Crippen molar-refractivity contribution < 1.29 is 14.6 Å². The van der Waals surface area contributed by atoms with E-state index in [1.54, 1.807) is 42.5 Å². The third kappa shape index (κ3) is 4.43. The Balaban J connectivity index is 2.21. The number of hydrogen-bond acceptors (Lipinski definition) is 4. The van der Waals surface area contributed by atoms with Crippen molar-refractivity contribution in [2.24, 2.45) is 0 Å². The van der Waals surface area contributed by atoms with Gasteiger partial charge in [-0.05, 0) is 29.8 Å². The van der Waals surface area contributed by atoms with Gasteiger partial charge in [-0.15, -0.1) is 0 Å². The number of aromatic hydroxyl groups is 1. The smallest absolute Gasteiger partial charge is 0.328 e. The molecule has 6 heteroatoms. The second kappa shape index (κ2) is 8.08. The molecule has 1 atom stereocenters. The quantitative estimate of drug-likeness (QED) is 0.758.